The number of nitrogens with zero attached hydrogens (tertiary/aromatic N) is 4. The van der Waals surface area contributed by atoms with Gasteiger partial charge in [0.05, 0.1) is 36.6 Å². The molecule has 68 heavy (non-hydrogen) atoms. The minimum atomic E-state index is -1.16. The van der Waals surface area contributed by atoms with Gasteiger partial charge in [-0.3, -0.25) is 38.5 Å². The van der Waals surface area contributed by atoms with Gasteiger partial charge in [-0.05, 0) is 55.4 Å². The average molecular weight is 955 g/mol. The van der Waals surface area contributed by atoms with E-state index in [1.165, 1.54) is 24.0 Å². The van der Waals surface area contributed by atoms with Gasteiger partial charge in [0.25, 0.3) is 0 Å². The summed E-state index contributed by atoms with van der Waals surface area (Å²) in [5, 5.41) is 15.6. The Morgan fingerprint density at radius 2 is 1.51 bits per heavy atom. The number of likely N-dealkylation sites (N-methyl/N-ethyl adjacent to an activating group) is 2. The van der Waals surface area contributed by atoms with Crippen LogP contribution in [-0.4, -0.2) is 156 Å². The lowest BCUT2D eigenvalue weighted by molar-refractivity contribution is -0.149. The Hall–Kier alpha value is -4.90. The predicted molar refractivity (Wildman–Crippen MR) is 258 cm³/mol. The van der Waals surface area contributed by atoms with Crippen molar-refractivity contribution in [3.8, 4) is 0 Å². The van der Waals surface area contributed by atoms with Crippen molar-refractivity contribution in [1.29, 1.82) is 0 Å². The Balaban J connectivity index is 1.70. The number of aliphatic carboxylic acids is 1. The minimum absolute atomic E-state index is 0.0797. The molecule has 0 aliphatic carbocycles. The standard InChI is InChI=1S/C51H82N6O11/c1-13-33(7)45(39(67-11)30-42(60)56-27-21-24-38(56)46(68-12)34(8)47(61)52-37(51(65)66)28-35-22-17-15-18-23-35)55(10)50(64)43(31(3)4)53-48(62)44(32(5)6)54(9)40(58)25-19-16-20-26-57-41(59)29-36(14-2)49(57)63/h15,17-18,22-23,31-34,36-39,43-46H,13-14,16,19-21,24-30H2,1-12H3,(H,52,61)(H,53,62)(H,65,66)/t33-,34+,36?,37-,38-,39+,43-,44-,45-,46+/m0/s1. The number of benzene rings is 1. The molecule has 0 bridgehead atoms. The average Bonchev–Trinajstić information content (AvgIpc) is 3.90. The summed E-state index contributed by atoms with van der Waals surface area (Å²) in [6.07, 6.45) is 3.22. The monoisotopic (exact) mass is 955 g/mol. The topological polar surface area (TPSA) is 212 Å². The van der Waals surface area contributed by atoms with Crippen LogP contribution in [0.25, 0.3) is 0 Å². The van der Waals surface area contributed by atoms with Crippen molar-refractivity contribution >= 4 is 47.3 Å². The fourth-order valence-electron chi connectivity index (χ4n) is 9.92. The van der Waals surface area contributed by atoms with E-state index in [9.17, 15) is 43.5 Å². The van der Waals surface area contributed by atoms with E-state index in [2.05, 4.69) is 10.6 Å². The summed E-state index contributed by atoms with van der Waals surface area (Å²) in [5.41, 5.74) is 0.764. The number of carbonyl (C=O) groups excluding carboxylic acids is 7. The zero-order valence-corrected chi connectivity index (χ0v) is 42.8. The highest BCUT2D eigenvalue weighted by Gasteiger charge is 2.44. The molecular formula is C51H82N6O11. The summed E-state index contributed by atoms with van der Waals surface area (Å²) in [6, 6.07) is 4.99. The highest BCUT2D eigenvalue weighted by molar-refractivity contribution is 6.03. The van der Waals surface area contributed by atoms with Crippen LogP contribution in [0.3, 0.4) is 0 Å². The number of methoxy groups -OCH3 is 2. The summed E-state index contributed by atoms with van der Waals surface area (Å²) < 4.78 is 11.9. The van der Waals surface area contributed by atoms with Crippen molar-refractivity contribution in [2.45, 2.75) is 168 Å². The number of ether oxygens (including phenoxy) is 2. The molecule has 3 rings (SSSR count). The summed E-state index contributed by atoms with van der Waals surface area (Å²) in [6.45, 7) is 15.6. The maximum Gasteiger partial charge on any atom is 0.326 e. The molecule has 2 aliphatic heterocycles. The van der Waals surface area contributed by atoms with Crippen LogP contribution in [0, 0.1) is 29.6 Å². The van der Waals surface area contributed by atoms with Gasteiger partial charge in [0.15, 0.2) is 0 Å². The first-order valence-electron chi connectivity index (χ1n) is 24.7. The fourth-order valence-corrected chi connectivity index (χ4v) is 9.92. The van der Waals surface area contributed by atoms with E-state index < -0.39 is 66.1 Å². The van der Waals surface area contributed by atoms with Crippen LogP contribution in [0.5, 0.6) is 0 Å². The number of unbranched alkanes of at least 4 members (excludes halogenated alkanes) is 2. The predicted octanol–water partition coefficient (Wildman–Crippen LogP) is 4.69. The van der Waals surface area contributed by atoms with E-state index in [0.29, 0.717) is 58.0 Å². The molecule has 2 saturated heterocycles. The lowest BCUT2D eigenvalue weighted by Crippen LogP contribution is -2.60. The van der Waals surface area contributed by atoms with Crippen LogP contribution in [0.4, 0.5) is 0 Å². The molecule has 1 aromatic rings. The number of carboxylic acids is 1. The van der Waals surface area contributed by atoms with Crippen molar-refractivity contribution in [2.24, 2.45) is 29.6 Å². The number of carboxylic acid groups (broad SMARTS) is 1. The number of hydrogen-bond acceptors (Lipinski definition) is 10. The Morgan fingerprint density at radius 3 is 2.06 bits per heavy atom. The summed E-state index contributed by atoms with van der Waals surface area (Å²) in [4.78, 5) is 113. The van der Waals surface area contributed by atoms with Gasteiger partial charge in [0.1, 0.15) is 18.1 Å². The van der Waals surface area contributed by atoms with Crippen LogP contribution in [-0.2, 0) is 54.3 Å². The molecule has 2 fully saturated rings. The van der Waals surface area contributed by atoms with Crippen LogP contribution >= 0.6 is 0 Å². The highest BCUT2D eigenvalue weighted by atomic mass is 16.5. The van der Waals surface area contributed by atoms with Crippen LogP contribution < -0.4 is 10.6 Å². The molecule has 1 aromatic carbocycles. The molecule has 2 heterocycles. The Morgan fingerprint density at radius 1 is 0.853 bits per heavy atom. The van der Waals surface area contributed by atoms with Crippen LogP contribution in [0.2, 0.25) is 0 Å². The third-order valence-corrected chi connectivity index (χ3v) is 14.2. The molecule has 0 saturated carbocycles. The molecule has 3 N–H and O–H groups in total. The van der Waals surface area contributed by atoms with Gasteiger partial charge in [0, 0.05) is 66.6 Å². The fraction of sp³-hybridized carbons (Fsp3) is 0.725. The second-order valence-electron chi connectivity index (χ2n) is 19.6. The van der Waals surface area contributed by atoms with Crippen LogP contribution in [0.1, 0.15) is 125 Å². The SMILES string of the molecule is CCC1CC(=O)N(CCCCCC(=O)N(C)[C@H](C(=O)N[C@H](C(=O)N(C)[C@@H]([C@@H](C)CC)[C@@H](CC(=O)N2CCC[C@H]2[C@H](OC)[C@@H](C)C(=O)N[C@@H](Cc2ccccc2)C(=O)O)OC)C(C)C)C(C)C)C1=O. The molecule has 382 valence electrons. The number of likely N-dealkylation sites (tertiary alicyclic amines) is 2. The molecule has 0 aromatic heterocycles. The van der Waals surface area contributed by atoms with Gasteiger partial charge in [-0.1, -0.05) is 98.6 Å². The van der Waals surface area contributed by atoms with E-state index in [1.54, 1.807) is 55.1 Å². The first kappa shape index (κ1) is 57.4. The van der Waals surface area contributed by atoms with Gasteiger partial charge in [-0.15, -0.1) is 0 Å². The van der Waals surface area contributed by atoms with Crippen LogP contribution in [0.15, 0.2) is 30.3 Å². The molecule has 17 heteroatoms. The maximum absolute atomic E-state index is 14.6. The number of rotatable bonds is 28. The normalized spacial score (nSPS) is 19.8. The first-order chi connectivity index (χ1) is 32.1. The number of amides is 7. The van der Waals surface area contributed by atoms with E-state index >= 15 is 0 Å². The molecular weight excluding hydrogens is 873 g/mol. The summed E-state index contributed by atoms with van der Waals surface area (Å²) >= 11 is 0. The zero-order valence-electron chi connectivity index (χ0n) is 42.8. The molecule has 0 radical (unpaired) electrons. The zero-order chi connectivity index (χ0) is 51.0. The van der Waals surface area contributed by atoms with Crippen molar-refractivity contribution in [3.63, 3.8) is 0 Å². The first-order valence-corrected chi connectivity index (χ1v) is 24.7. The van der Waals surface area contributed by atoms with Gasteiger partial charge in [0.2, 0.25) is 41.4 Å². The van der Waals surface area contributed by atoms with E-state index in [1.807, 2.05) is 54.5 Å². The lowest BCUT2D eigenvalue weighted by atomic mass is 9.89. The van der Waals surface area contributed by atoms with Crippen molar-refractivity contribution < 1.29 is 52.9 Å². The molecule has 17 nitrogen and oxygen atoms in total. The van der Waals surface area contributed by atoms with Gasteiger partial charge < -0.3 is 39.9 Å². The molecule has 10 atom stereocenters. The largest absolute Gasteiger partial charge is 0.480 e. The highest BCUT2D eigenvalue weighted by Crippen LogP contribution is 2.30. The summed E-state index contributed by atoms with van der Waals surface area (Å²) in [7, 11) is 6.23. The number of carbonyl (C=O) groups is 8. The van der Waals surface area contributed by atoms with E-state index in [0.717, 1.165) is 5.56 Å². The smallest absolute Gasteiger partial charge is 0.326 e. The molecule has 0 spiro atoms. The third-order valence-electron chi connectivity index (χ3n) is 14.2. The molecule has 2 aliphatic rings. The Labute approximate surface area is 404 Å². The van der Waals surface area contributed by atoms with Gasteiger partial charge >= 0.3 is 5.97 Å². The van der Waals surface area contributed by atoms with E-state index in [-0.39, 0.29) is 78.9 Å². The number of nitrogens with one attached hydrogen (secondary N) is 2. The van der Waals surface area contributed by atoms with Crippen molar-refractivity contribution in [1.82, 2.24) is 30.2 Å². The van der Waals surface area contributed by atoms with Crippen molar-refractivity contribution in [2.75, 3.05) is 41.4 Å². The van der Waals surface area contributed by atoms with Crippen molar-refractivity contribution in [3.05, 3.63) is 35.9 Å². The maximum atomic E-state index is 14.6. The second kappa shape index (κ2) is 27.3. The minimum Gasteiger partial charge on any atom is -0.480 e. The lowest BCUT2D eigenvalue weighted by Gasteiger charge is -2.41. The quantitative estimate of drug-likeness (QED) is 0.0775. The molecule has 1 unspecified atom stereocenters. The number of hydrogen-bond donors (Lipinski definition) is 3. The Kier molecular flexibility index (Phi) is 23.1. The third kappa shape index (κ3) is 15.0. The summed E-state index contributed by atoms with van der Waals surface area (Å²) in [5.74, 6) is -5.03. The molecule has 7 amide bonds. The van der Waals surface area contributed by atoms with E-state index in [4.69, 9.17) is 9.47 Å². The second-order valence-corrected chi connectivity index (χ2v) is 19.6. The van der Waals surface area contributed by atoms with Gasteiger partial charge in [-0.25, -0.2) is 4.79 Å². The Bertz CT molecular complexity index is 1860. The van der Waals surface area contributed by atoms with Gasteiger partial charge in [-0.2, -0.15) is 0 Å². The number of imide groups is 1.